The molecular formula is C14H11N5S2. The molecule has 4 aromatic rings. The fourth-order valence-corrected chi connectivity index (χ4v) is 3.65. The van der Waals surface area contributed by atoms with E-state index in [-0.39, 0.29) is 0 Å². The molecule has 21 heavy (non-hydrogen) atoms. The van der Waals surface area contributed by atoms with Crippen molar-refractivity contribution in [2.24, 2.45) is 0 Å². The van der Waals surface area contributed by atoms with Crippen molar-refractivity contribution < 1.29 is 0 Å². The average molecular weight is 313 g/mol. The Bertz CT molecular complexity index is 891. The van der Waals surface area contributed by atoms with Gasteiger partial charge in [0.2, 0.25) is 0 Å². The average Bonchev–Trinajstić information content (AvgIpc) is 3.16. The van der Waals surface area contributed by atoms with Gasteiger partial charge in [0.1, 0.15) is 11.5 Å². The lowest BCUT2D eigenvalue weighted by atomic mass is 10.3. The second kappa shape index (κ2) is 4.94. The summed E-state index contributed by atoms with van der Waals surface area (Å²) in [5.74, 6) is 0.795. The molecule has 4 aromatic heterocycles. The predicted octanol–water partition coefficient (Wildman–Crippen LogP) is 3.97. The quantitative estimate of drug-likeness (QED) is 0.622. The van der Waals surface area contributed by atoms with E-state index in [1.165, 1.54) is 0 Å². The Morgan fingerprint density at radius 2 is 2.14 bits per heavy atom. The molecule has 0 spiro atoms. The molecule has 0 radical (unpaired) electrons. The lowest BCUT2D eigenvalue weighted by Crippen LogP contribution is -1.92. The Labute approximate surface area is 129 Å². The number of nitrogens with zero attached hydrogens (tertiary/aromatic N) is 4. The Kier molecular flexibility index (Phi) is 2.94. The van der Waals surface area contributed by atoms with Crippen molar-refractivity contribution in [1.82, 2.24) is 19.4 Å². The third-order valence-corrected chi connectivity index (χ3v) is 4.60. The first kappa shape index (κ1) is 12.5. The van der Waals surface area contributed by atoms with Crippen LogP contribution in [0.25, 0.3) is 16.3 Å². The molecule has 0 unspecified atom stereocenters. The topological polar surface area (TPSA) is 55.1 Å². The maximum Gasteiger partial charge on any atom is 0.194 e. The summed E-state index contributed by atoms with van der Waals surface area (Å²) < 4.78 is 2.08. The molecular weight excluding hydrogens is 302 g/mol. The zero-order valence-electron chi connectivity index (χ0n) is 11.1. The number of anilines is 2. The Hall–Kier alpha value is -2.25. The molecule has 4 rings (SSSR count). The standard InChI is InChI=1S/C14H11N5S2/c1-9-12(19-6-7-20-14(19)16-9)10-8-21-13(17-10)18-11-4-2-3-5-15-11/h2-8H,1H3,(H,15,17,18). The molecule has 1 N–H and O–H groups in total. The molecule has 0 saturated heterocycles. The summed E-state index contributed by atoms with van der Waals surface area (Å²) >= 11 is 3.19. The van der Waals surface area contributed by atoms with Crippen molar-refractivity contribution >= 4 is 38.6 Å². The number of rotatable bonds is 3. The van der Waals surface area contributed by atoms with E-state index in [1.54, 1.807) is 28.9 Å². The maximum absolute atomic E-state index is 4.65. The van der Waals surface area contributed by atoms with Gasteiger partial charge in [-0.15, -0.1) is 22.7 Å². The number of imidazole rings is 1. The van der Waals surface area contributed by atoms with Crippen molar-refractivity contribution in [2.45, 2.75) is 6.92 Å². The van der Waals surface area contributed by atoms with Gasteiger partial charge in [0, 0.05) is 23.2 Å². The highest BCUT2D eigenvalue weighted by Gasteiger charge is 2.14. The number of hydrogen-bond acceptors (Lipinski definition) is 6. The van der Waals surface area contributed by atoms with E-state index < -0.39 is 0 Å². The van der Waals surface area contributed by atoms with E-state index in [1.807, 2.05) is 42.1 Å². The molecule has 5 nitrogen and oxygen atoms in total. The summed E-state index contributed by atoms with van der Waals surface area (Å²) in [5.41, 5.74) is 2.98. The number of fused-ring (bicyclic) bond motifs is 1. The van der Waals surface area contributed by atoms with Crippen LogP contribution in [0.1, 0.15) is 5.69 Å². The van der Waals surface area contributed by atoms with E-state index in [9.17, 15) is 0 Å². The molecule has 0 atom stereocenters. The molecule has 0 aromatic carbocycles. The Balaban J connectivity index is 1.71. The van der Waals surface area contributed by atoms with Gasteiger partial charge in [0.15, 0.2) is 10.1 Å². The SMILES string of the molecule is Cc1nc2sccn2c1-c1csc(Nc2ccccn2)n1. The van der Waals surface area contributed by atoms with Gasteiger partial charge in [-0.1, -0.05) is 6.07 Å². The van der Waals surface area contributed by atoms with Gasteiger partial charge in [0.25, 0.3) is 0 Å². The lowest BCUT2D eigenvalue weighted by molar-refractivity contribution is 1.20. The molecule has 0 aliphatic heterocycles. The minimum atomic E-state index is 0.795. The van der Waals surface area contributed by atoms with Gasteiger partial charge >= 0.3 is 0 Å². The minimum absolute atomic E-state index is 0.795. The van der Waals surface area contributed by atoms with Crippen molar-refractivity contribution in [3.8, 4) is 11.4 Å². The molecule has 0 aliphatic carbocycles. The van der Waals surface area contributed by atoms with Gasteiger partial charge in [-0.3, -0.25) is 4.40 Å². The highest BCUT2D eigenvalue weighted by molar-refractivity contribution is 7.15. The van der Waals surface area contributed by atoms with Gasteiger partial charge in [0.05, 0.1) is 11.4 Å². The highest BCUT2D eigenvalue weighted by Crippen LogP contribution is 2.30. The summed E-state index contributed by atoms with van der Waals surface area (Å²) in [4.78, 5) is 14.4. The first-order valence-corrected chi connectivity index (χ1v) is 8.13. The second-order valence-electron chi connectivity index (χ2n) is 4.48. The van der Waals surface area contributed by atoms with E-state index in [4.69, 9.17) is 0 Å². The van der Waals surface area contributed by atoms with Gasteiger partial charge < -0.3 is 5.32 Å². The zero-order chi connectivity index (χ0) is 14.2. The third kappa shape index (κ3) is 2.20. The fourth-order valence-electron chi connectivity index (χ4n) is 2.19. The lowest BCUT2D eigenvalue weighted by Gasteiger charge is -2.00. The van der Waals surface area contributed by atoms with Crippen LogP contribution in [0.2, 0.25) is 0 Å². The van der Waals surface area contributed by atoms with E-state index in [0.717, 1.165) is 33.0 Å². The Morgan fingerprint density at radius 3 is 3.00 bits per heavy atom. The van der Waals surface area contributed by atoms with Crippen LogP contribution in [-0.2, 0) is 0 Å². The van der Waals surface area contributed by atoms with Crippen molar-refractivity contribution in [2.75, 3.05) is 5.32 Å². The molecule has 104 valence electrons. The van der Waals surface area contributed by atoms with Crippen molar-refractivity contribution in [3.05, 3.63) is 47.0 Å². The normalized spacial score (nSPS) is 11.1. The minimum Gasteiger partial charge on any atom is -0.316 e. The first-order chi connectivity index (χ1) is 10.3. The summed E-state index contributed by atoms with van der Waals surface area (Å²) in [7, 11) is 0. The van der Waals surface area contributed by atoms with E-state index in [2.05, 4.69) is 24.7 Å². The summed E-state index contributed by atoms with van der Waals surface area (Å²) in [6.07, 6.45) is 3.79. The number of aromatic nitrogens is 4. The molecule has 0 bridgehead atoms. The number of aryl methyl sites for hydroxylation is 1. The summed E-state index contributed by atoms with van der Waals surface area (Å²) in [5, 5.41) is 8.12. The Morgan fingerprint density at radius 1 is 1.19 bits per heavy atom. The molecule has 0 aliphatic rings. The smallest absolute Gasteiger partial charge is 0.194 e. The van der Waals surface area contributed by atoms with Gasteiger partial charge in [-0.25, -0.2) is 15.0 Å². The molecule has 0 fully saturated rings. The van der Waals surface area contributed by atoms with E-state index >= 15 is 0 Å². The number of nitrogens with one attached hydrogen (secondary N) is 1. The van der Waals surface area contributed by atoms with Crippen LogP contribution in [-0.4, -0.2) is 19.4 Å². The van der Waals surface area contributed by atoms with Gasteiger partial charge in [-0.05, 0) is 19.1 Å². The van der Waals surface area contributed by atoms with Crippen LogP contribution in [0.5, 0.6) is 0 Å². The number of pyridine rings is 1. The van der Waals surface area contributed by atoms with Crippen LogP contribution in [0.4, 0.5) is 10.9 Å². The first-order valence-electron chi connectivity index (χ1n) is 6.37. The number of hydrogen-bond donors (Lipinski definition) is 1. The fraction of sp³-hybridized carbons (Fsp3) is 0.0714. The maximum atomic E-state index is 4.65. The third-order valence-electron chi connectivity index (χ3n) is 3.08. The van der Waals surface area contributed by atoms with Crippen LogP contribution < -0.4 is 5.32 Å². The predicted molar refractivity (Wildman–Crippen MR) is 86.4 cm³/mol. The molecule has 0 saturated carbocycles. The monoisotopic (exact) mass is 313 g/mol. The highest BCUT2D eigenvalue weighted by atomic mass is 32.1. The molecule has 7 heteroatoms. The largest absolute Gasteiger partial charge is 0.316 e. The van der Waals surface area contributed by atoms with Gasteiger partial charge in [-0.2, -0.15) is 0 Å². The van der Waals surface area contributed by atoms with Crippen LogP contribution >= 0.6 is 22.7 Å². The summed E-state index contributed by atoms with van der Waals surface area (Å²) in [6.45, 7) is 2.01. The van der Waals surface area contributed by atoms with Crippen LogP contribution in [0.3, 0.4) is 0 Å². The van der Waals surface area contributed by atoms with Crippen molar-refractivity contribution in [3.63, 3.8) is 0 Å². The van der Waals surface area contributed by atoms with E-state index in [0.29, 0.717) is 0 Å². The number of thiazole rings is 2. The zero-order valence-corrected chi connectivity index (χ0v) is 12.8. The molecule has 0 amide bonds. The van der Waals surface area contributed by atoms with Crippen LogP contribution in [0, 0.1) is 6.92 Å². The molecule has 4 heterocycles. The summed E-state index contributed by atoms with van der Waals surface area (Å²) in [6, 6.07) is 5.75. The second-order valence-corrected chi connectivity index (χ2v) is 6.21. The van der Waals surface area contributed by atoms with Crippen molar-refractivity contribution in [1.29, 1.82) is 0 Å². The van der Waals surface area contributed by atoms with Crippen LogP contribution in [0.15, 0.2) is 41.4 Å².